The lowest BCUT2D eigenvalue weighted by atomic mass is 10.1. The van der Waals surface area contributed by atoms with Crippen LogP contribution in [0.2, 0.25) is 0 Å². The number of nitriles is 1. The Balaban J connectivity index is 2.31. The molecule has 0 unspecified atom stereocenters. The maximum absolute atomic E-state index is 9.12. The van der Waals surface area contributed by atoms with E-state index < -0.39 is 0 Å². The minimum atomic E-state index is 0.677. The van der Waals surface area contributed by atoms with E-state index in [1.807, 2.05) is 47.2 Å². The van der Waals surface area contributed by atoms with Crippen molar-refractivity contribution in [3.8, 4) is 11.8 Å². The topological polar surface area (TPSA) is 33.0 Å². The lowest BCUT2D eigenvalue weighted by Crippen LogP contribution is -1.82. The van der Waals surface area contributed by atoms with E-state index in [0.717, 1.165) is 16.9 Å². The van der Waals surface area contributed by atoms with Crippen LogP contribution < -0.4 is 4.74 Å². The van der Waals surface area contributed by atoms with Crippen LogP contribution in [0.3, 0.4) is 0 Å². The maximum Gasteiger partial charge on any atom is 0.118 e. The molecule has 0 atom stereocenters. The van der Waals surface area contributed by atoms with E-state index in [1.165, 1.54) is 0 Å². The highest BCUT2D eigenvalue weighted by atomic mass is 32.1. The minimum Gasteiger partial charge on any atom is -0.497 e. The molecule has 2 rings (SSSR count). The zero-order valence-corrected chi connectivity index (χ0v) is 10.2. The molecule has 1 aromatic heterocycles. The first-order chi connectivity index (χ1) is 8.33. The molecule has 0 N–H and O–H groups in total. The van der Waals surface area contributed by atoms with Crippen LogP contribution in [-0.2, 0) is 0 Å². The summed E-state index contributed by atoms with van der Waals surface area (Å²) in [5.74, 6) is 0.816. The summed E-state index contributed by atoms with van der Waals surface area (Å²) in [6.07, 6.45) is 1.88. The molecule has 0 aliphatic heterocycles. The van der Waals surface area contributed by atoms with Gasteiger partial charge < -0.3 is 4.74 Å². The van der Waals surface area contributed by atoms with Crippen molar-refractivity contribution in [1.82, 2.24) is 0 Å². The second-order valence-electron chi connectivity index (χ2n) is 3.46. The Morgan fingerprint density at radius 1 is 1.29 bits per heavy atom. The van der Waals surface area contributed by atoms with Crippen molar-refractivity contribution in [2.24, 2.45) is 0 Å². The van der Waals surface area contributed by atoms with E-state index in [-0.39, 0.29) is 0 Å². The van der Waals surface area contributed by atoms with Crippen LogP contribution in [0.1, 0.15) is 11.1 Å². The fourth-order valence-electron chi connectivity index (χ4n) is 1.46. The SMILES string of the molecule is COc1ccc(/C=C(\C#N)c2ccsc2)cc1. The number of hydrogen-bond acceptors (Lipinski definition) is 3. The van der Waals surface area contributed by atoms with E-state index in [0.29, 0.717) is 5.57 Å². The molecule has 1 aromatic carbocycles. The zero-order chi connectivity index (χ0) is 12.1. The number of nitrogens with zero attached hydrogens (tertiary/aromatic N) is 1. The second kappa shape index (κ2) is 5.33. The van der Waals surface area contributed by atoms with E-state index in [2.05, 4.69) is 6.07 Å². The van der Waals surface area contributed by atoms with Crippen molar-refractivity contribution >= 4 is 23.0 Å². The number of thiophene rings is 1. The van der Waals surface area contributed by atoms with Gasteiger partial charge in [-0.05, 0) is 40.6 Å². The molecule has 0 fully saturated rings. The first-order valence-electron chi connectivity index (χ1n) is 5.12. The molecule has 3 heteroatoms. The number of hydrogen-bond donors (Lipinski definition) is 0. The van der Waals surface area contributed by atoms with Gasteiger partial charge in [-0.1, -0.05) is 12.1 Å². The Kier molecular flexibility index (Phi) is 3.59. The summed E-state index contributed by atoms with van der Waals surface area (Å²) in [6, 6.07) is 11.8. The third kappa shape index (κ3) is 2.74. The molecule has 0 saturated carbocycles. The molecule has 0 aliphatic carbocycles. The number of methoxy groups -OCH3 is 1. The molecule has 0 saturated heterocycles. The van der Waals surface area contributed by atoms with Crippen molar-refractivity contribution in [1.29, 1.82) is 5.26 Å². The average molecular weight is 241 g/mol. The summed E-state index contributed by atoms with van der Waals surface area (Å²) in [6.45, 7) is 0. The summed E-state index contributed by atoms with van der Waals surface area (Å²) >= 11 is 1.59. The first kappa shape index (κ1) is 11.4. The average Bonchev–Trinajstić information content (AvgIpc) is 2.90. The lowest BCUT2D eigenvalue weighted by molar-refractivity contribution is 0.415. The third-order valence-electron chi connectivity index (χ3n) is 2.38. The highest BCUT2D eigenvalue weighted by Gasteiger charge is 2.01. The number of allylic oxidation sites excluding steroid dienone is 1. The van der Waals surface area contributed by atoms with Gasteiger partial charge in [0.2, 0.25) is 0 Å². The molecular formula is C14H11NOS. The van der Waals surface area contributed by atoms with Gasteiger partial charge in [0.15, 0.2) is 0 Å². The van der Waals surface area contributed by atoms with Gasteiger partial charge in [-0.25, -0.2) is 0 Å². The minimum absolute atomic E-state index is 0.677. The lowest BCUT2D eigenvalue weighted by Gasteiger charge is -2.00. The maximum atomic E-state index is 9.12. The van der Waals surface area contributed by atoms with Crippen LogP contribution in [0, 0.1) is 11.3 Å². The summed E-state index contributed by atoms with van der Waals surface area (Å²) in [5.41, 5.74) is 2.64. The Hall–Kier alpha value is -2.05. The van der Waals surface area contributed by atoms with E-state index in [1.54, 1.807) is 18.4 Å². The summed E-state index contributed by atoms with van der Waals surface area (Å²) in [4.78, 5) is 0. The van der Waals surface area contributed by atoms with Gasteiger partial charge in [0.25, 0.3) is 0 Å². The molecule has 17 heavy (non-hydrogen) atoms. The molecule has 0 amide bonds. The number of benzene rings is 1. The normalized spacial score (nSPS) is 10.9. The number of rotatable bonds is 3. The van der Waals surface area contributed by atoms with Gasteiger partial charge in [0, 0.05) is 5.56 Å². The smallest absolute Gasteiger partial charge is 0.118 e. The molecule has 1 heterocycles. The highest BCUT2D eigenvalue weighted by Crippen LogP contribution is 2.21. The van der Waals surface area contributed by atoms with Gasteiger partial charge >= 0.3 is 0 Å². The van der Waals surface area contributed by atoms with Crippen LogP contribution >= 0.6 is 11.3 Å². The molecule has 0 bridgehead atoms. The fraction of sp³-hybridized carbons (Fsp3) is 0.0714. The van der Waals surface area contributed by atoms with Crippen LogP contribution in [0.4, 0.5) is 0 Å². The monoisotopic (exact) mass is 241 g/mol. The molecule has 84 valence electrons. The summed E-state index contributed by atoms with van der Waals surface area (Å²) in [5, 5.41) is 13.1. The Morgan fingerprint density at radius 3 is 2.59 bits per heavy atom. The Labute approximate surface area is 104 Å². The van der Waals surface area contributed by atoms with Crippen LogP contribution in [0.15, 0.2) is 41.1 Å². The van der Waals surface area contributed by atoms with Gasteiger partial charge in [-0.3, -0.25) is 0 Å². The zero-order valence-electron chi connectivity index (χ0n) is 9.38. The van der Waals surface area contributed by atoms with Crippen LogP contribution in [0.25, 0.3) is 11.6 Å². The van der Waals surface area contributed by atoms with Crippen molar-refractivity contribution < 1.29 is 4.74 Å². The quantitative estimate of drug-likeness (QED) is 0.765. The van der Waals surface area contributed by atoms with Crippen molar-refractivity contribution in [2.45, 2.75) is 0 Å². The Bertz CT molecular complexity index is 547. The highest BCUT2D eigenvalue weighted by molar-refractivity contribution is 7.08. The predicted octanol–water partition coefficient (Wildman–Crippen LogP) is 3.82. The van der Waals surface area contributed by atoms with Crippen LogP contribution in [0.5, 0.6) is 5.75 Å². The van der Waals surface area contributed by atoms with Gasteiger partial charge in [-0.2, -0.15) is 16.6 Å². The summed E-state index contributed by atoms with van der Waals surface area (Å²) < 4.78 is 5.09. The fourth-order valence-corrected chi connectivity index (χ4v) is 2.12. The Morgan fingerprint density at radius 2 is 2.06 bits per heavy atom. The predicted molar refractivity (Wildman–Crippen MR) is 70.8 cm³/mol. The molecular weight excluding hydrogens is 230 g/mol. The third-order valence-corrected chi connectivity index (χ3v) is 3.06. The number of ether oxygens (including phenoxy) is 1. The van der Waals surface area contributed by atoms with E-state index in [9.17, 15) is 0 Å². The van der Waals surface area contributed by atoms with Crippen molar-refractivity contribution in [3.63, 3.8) is 0 Å². The first-order valence-corrected chi connectivity index (χ1v) is 6.06. The standard InChI is InChI=1S/C14H11NOS/c1-16-14-4-2-11(3-5-14)8-13(9-15)12-6-7-17-10-12/h2-8,10H,1H3/b13-8+. The largest absolute Gasteiger partial charge is 0.497 e. The van der Waals surface area contributed by atoms with Crippen molar-refractivity contribution in [2.75, 3.05) is 7.11 Å². The van der Waals surface area contributed by atoms with Gasteiger partial charge in [-0.15, -0.1) is 0 Å². The molecule has 2 aromatic rings. The molecule has 0 radical (unpaired) electrons. The molecule has 2 nitrogen and oxygen atoms in total. The molecule has 0 spiro atoms. The summed E-state index contributed by atoms with van der Waals surface area (Å²) in [7, 11) is 1.64. The van der Waals surface area contributed by atoms with Gasteiger partial charge in [0.05, 0.1) is 18.8 Å². The van der Waals surface area contributed by atoms with E-state index in [4.69, 9.17) is 10.00 Å². The van der Waals surface area contributed by atoms with Gasteiger partial charge in [0.1, 0.15) is 5.75 Å². The van der Waals surface area contributed by atoms with Crippen LogP contribution in [-0.4, -0.2) is 7.11 Å². The van der Waals surface area contributed by atoms with E-state index >= 15 is 0 Å². The second-order valence-corrected chi connectivity index (χ2v) is 4.24. The van der Waals surface area contributed by atoms with Crippen molar-refractivity contribution in [3.05, 3.63) is 52.2 Å². The molecule has 0 aliphatic rings.